The number of rotatable bonds is 13. The molecule has 1 aromatic carbocycles. The van der Waals surface area contributed by atoms with Gasteiger partial charge in [0.2, 0.25) is 11.8 Å². The average Bonchev–Trinajstić information content (AvgIpc) is 3.58. The molecule has 0 unspecified atom stereocenters. The molecule has 3 fully saturated rings. The summed E-state index contributed by atoms with van der Waals surface area (Å²) in [5, 5.41) is 12.6. The Kier molecular flexibility index (Phi) is 9.34. The molecular weight excluding hydrogens is 526 g/mol. The SMILES string of the molecule is C=CCCC(=O)NC[C@@H](C)OC(=O)[C@@H]1[C@H]2C(=O)N(CCO)[C@H](C(=O)N(CC=C)c3cc(C)ccc3C)[C@]23CC[C@H]1O3. The van der Waals surface area contributed by atoms with Crippen LogP contribution < -0.4 is 10.2 Å². The maximum atomic E-state index is 14.4. The third kappa shape index (κ3) is 5.67. The van der Waals surface area contributed by atoms with Gasteiger partial charge in [-0.15, -0.1) is 13.2 Å². The highest BCUT2D eigenvalue weighted by Crippen LogP contribution is 2.59. The number of β-amino-alcohol motifs (C(OH)–C–C–N with tert-alkyl or cyclic N) is 1. The fraction of sp³-hybridized carbons (Fsp3) is 0.548. The predicted molar refractivity (Wildman–Crippen MR) is 153 cm³/mol. The summed E-state index contributed by atoms with van der Waals surface area (Å²) in [7, 11) is 0. The van der Waals surface area contributed by atoms with E-state index in [9.17, 15) is 24.3 Å². The molecule has 3 saturated heterocycles. The topological polar surface area (TPSA) is 125 Å². The average molecular weight is 568 g/mol. The molecule has 41 heavy (non-hydrogen) atoms. The molecule has 0 saturated carbocycles. The Balaban J connectivity index is 1.60. The smallest absolute Gasteiger partial charge is 0.312 e. The second kappa shape index (κ2) is 12.6. The number of allylic oxidation sites excluding steroid dienone is 1. The molecular formula is C31H41N3O7. The van der Waals surface area contributed by atoms with E-state index in [2.05, 4.69) is 18.5 Å². The van der Waals surface area contributed by atoms with Crippen LogP contribution in [0.25, 0.3) is 0 Å². The lowest BCUT2D eigenvalue weighted by molar-refractivity contribution is -0.159. The predicted octanol–water partition coefficient (Wildman–Crippen LogP) is 2.20. The van der Waals surface area contributed by atoms with Gasteiger partial charge >= 0.3 is 5.97 Å². The van der Waals surface area contributed by atoms with Crippen LogP contribution in [-0.2, 0) is 28.7 Å². The Morgan fingerprint density at radius 2 is 2.05 bits per heavy atom. The standard InChI is InChI=1S/C31H41N3O7/c1-6-8-9-24(36)32-18-21(5)40-30(39)25-23-12-13-31(41-23)26(25)28(37)34(15-16-35)27(31)29(38)33(14-7-2)22-17-19(3)10-11-20(22)4/h6-7,10-11,17,21,23,25-27,35H,1-2,8-9,12-16,18H2,3-5H3,(H,32,36)/t21-,23-,25+,26+,27-,31+/m1/s1. The van der Waals surface area contributed by atoms with Gasteiger partial charge < -0.3 is 29.7 Å². The van der Waals surface area contributed by atoms with Crippen molar-refractivity contribution in [2.75, 3.05) is 31.1 Å². The Bertz CT molecular complexity index is 1220. The molecule has 2 N–H and O–H groups in total. The van der Waals surface area contributed by atoms with Crippen LogP contribution in [0.1, 0.15) is 43.7 Å². The number of nitrogens with zero attached hydrogens (tertiary/aromatic N) is 2. The van der Waals surface area contributed by atoms with E-state index in [1.54, 1.807) is 24.0 Å². The van der Waals surface area contributed by atoms with E-state index in [4.69, 9.17) is 9.47 Å². The summed E-state index contributed by atoms with van der Waals surface area (Å²) in [6.07, 6.45) is 3.87. The molecule has 0 aromatic heterocycles. The van der Waals surface area contributed by atoms with Gasteiger partial charge in [-0.05, 0) is 57.2 Å². The van der Waals surface area contributed by atoms with Gasteiger partial charge in [0.25, 0.3) is 5.91 Å². The number of aryl methyl sites for hydroxylation is 2. The van der Waals surface area contributed by atoms with Crippen molar-refractivity contribution in [1.82, 2.24) is 10.2 Å². The molecule has 4 rings (SSSR count). The van der Waals surface area contributed by atoms with Crippen LogP contribution in [-0.4, -0.2) is 83.8 Å². The molecule has 3 heterocycles. The van der Waals surface area contributed by atoms with Crippen molar-refractivity contribution in [2.45, 2.75) is 70.3 Å². The highest BCUT2D eigenvalue weighted by Gasteiger charge is 2.75. The third-order valence-corrected chi connectivity index (χ3v) is 8.36. The molecule has 0 radical (unpaired) electrons. The summed E-state index contributed by atoms with van der Waals surface area (Å²) in [6.45, 7) is 12.9. The maximum absolute atomic E-state index is 14.4. The Labute approximate surface area is 241 Å². The lowest BCUT2D eigenvalue weighted by Crippen LogP contribution is -2.57. The van der Waals surface area contributed by atoms with Crippen LogP contribution in [0.5, 0.6) is 0 Å². The minimum Gasteiger partial charge on any atom is -0.460 e. The van der Waals surface area contributed by atoms with Crippen molar-refractivity contribution in [3.05, 3.63) is 54.6 Å². The van der Waals surface area contributed by atoms with Crippen LogP contribution >= 0.6 is 0 Å². The molecule has 222 valence electrons. The second-order valence-electron chi connectivity index (χ2n) is 11.2. The highest BCUT2D eigenvalue weighted by atomic mass is 16.6. The van der Waals surface area contributed by atoms with E-state index in [0.717, 1.165) is 11.1 Å². The number of hydrogen-bond donors (Lipinski definition) is 2. The zero-order valence-corrected chi connectivity index (χ0v) is 24.1. The number of amides is 3. The number of esters is 1. The molecule has 3 aliphatic rings. The number of likely N-dealkylation sites (tertiary alicyclic amines) is 1. The zero-order valence-electron chi connectivity index (χ0n) is 24.1. The van der Waals surface area contributed by atoms with Crippen LogP contribution in [0.2, 0.25) is 0 Å². The van der Waals surface area contributed by atoms with Gasteiger partial charge in [-0.25, -0.2) is 0 Å². The molecule has 3 amide bonds. The number of aliphatic hydroxyl groups excluding tert-OH is 1. The van der Waals surface area contributed by atoms with Crippen LogP contribution in [0, 0.1) is 25.7 Å². The minimum absolute atomic E-state index is 0.0643. The number of anilines is 1. The first kappa shape index (κ1) is 30.5. The number of carbonyl (C=O) groups is 4. The molecule has 10 nitrogen and oxygen atoms in total. The summed E-state index contributed by atoms with van der Waals surface area (Å²) >= 11 is 0. The monoisotopic (exact) mass is 567 g/mol. The van der Waals surface area contributed by atoms with Crippen molar-refractivity contribution >= 4 is 29.4 Å². The highest BCUT2D eigenvalue weighted by molar-refractivity contribution is 6.05. The minimum atomic E-state index is -1.21. The summed E-state index contributed by atoms with van der Waals surface area (Å²) < 4.78 is 12.1. The molecule has 0 aliphatic carbocycles. The summed E-state index contributed by atoms with van der Waals surface area (Å²) in [5.41, 5.74) is 1.36. The number of aliphatic hydroxyl groups is 1. The van der Waals surface area contributed by atoms with Crippen LogP contribution in [0.15, 0.2) is 43.5 Å². The van der Waals surface area contributed by atoms with Gasteiger partial charge in [-0.3, -0.25) is 19.2 Å². The molecule has 3 aliphatic heterocycles. The van der Waals surface area contributed by atoms with Gasteiger partial charge in [0.15, 0.2) is 0 Å². The quantitative estimate of drug-likeness (QED) is 0.277. The fourth-order valence-electron chi connectivity index (χ4n) is 6.54. The fourth-order valence-corrected chi connectivity index (χ4v) is 6.54. The van der Waals surface area contributed by atoms with Gasteiger partial charge in [-0.1, -0.05) is 24.3 Å². The molecule has 1 spiro atoms. The summed E-state index contributed by atoms with van der Waals surface area (Å²) in [6, 6.07) is 4.81. The van der Waals surface area contributed by atoms with E-state index in [0.29, 0.717) is 31.4 Å². The number of benzene rings is 1. The van der Waals surface area contributed by atoms with E-state index in [-0.39, 0.29) is 38.1 Å². The lowest BCUT2D eigenvalue weighted by atomic mass is 9.70. The van der Waals surface area contributed by atoms with Crippen molar-refractivity contribution in [3.8, 4) is 0 Å². The summed E-state index contributed by atoms with van der Waals surface area (Å²) in [4.78, 5) is 56.7. The van der Waals surface area contributed by atoms with Crippen molar-refractivity contribution in [3.63, 3.8) is 0 Å². The Morgan fingerprint density at radius 1 is 1.29 bits per heavy atom. The number of ether oxygens (including phenoxy) is 2. The van der Waals surface area contributed by atoms with Crippen molar-refractivity contribution < 1.29 is 33.8 Å². The van der Waals surface area contributed by atoms with Crippen molar-refractivity contribution in [1.29, 1.82) is 0 Å². The number of hydrogen-bond acceptors (Lipinski definition) is 7. The van der Waals surface area contributed by atoms with E-state index in [1.165, 1.54) is 4.90 Å². The Hall–Kier alpha value is -3.50. The maximum Gasteiger partial charge on any atom is 0.312 e. The third-order valence-electron chi connectivity index (χ3n) is 8.36. The van der Waals surface area contributed by atoms with E-state index in [1.807, 2.05) is 32.0 Å². The van der Waals surface area contributed by atoms with Crippen molar-refractivity contribution in [2.24, 2.45) is 11.8 Å². The first-order valence-corrected chi connectivity index (χ1v) is 14.3. The number of nitrogens with one attached hydrogen (secondary N) is 1. The van der Waals surface area contributed by atoms with Crippen LogP contribution in [0.3, 0.4) is 0 Å². The molecule has 6 atom stereocenters. The van der Waals surface area contributed by atoms with Gasteiger partial charge in [0.1, 0.15) is 17.7 Å². The first-order chi connectivity index (χ1) is 19.6. The number of carbonyl (C=O) groups excluding carboxylic acids is 4. The molecule has 2 bridgehead atoms. The Morgan fingerprint density at radius 3 is 2.73 bits per heavy atom. The molecule has 10 heteroatoms. The largest absolute Gasteiger partial charge is 0.460 e. The second-order valence-corrected chi connectivity index (χ2v) is 11.2. The molecule has 1 aromatic rings. The number of fused-ring (bicyclic) bond motifs is 1. The van der Waals surface area contributed by atoms with Gasteiger partial charge in [0.05, 0.1) is 31.1 Å². The van der Waals surface area contributed by atoms with Crippen LogP contribution in [0.4, 0.5) is 5.69 Å². The zero-order chi connectivity index (χ0) is 29.9. The normalized spacial score (nSPS) is 26.8. The van der Waals surface area contributed by atoms with Gasteiger partial charge in [-0.2, -0.15) is 0 Å². The van der Waals surface area contributed by atoms with Gasteiger partial charge in [0, 0.05) is 25.2 Å². The van der Waals surface area contributed by atoms with E-state index < -0.39 is 47.6 Å². The lowest BCUT2D eigenvalue weighted by Gasteiger charge is -2.37. The first-order valence-electron chi connectivity index (χ1n) is 14.3. The van der Waals surface area contributed by atoms with E-state index >= 15 is 0 Å². The summed E-state index contributed by atoms with van der Waals surface area (Å²) in [5.74, 6) is -3.29.